The normalized spacial score (nSPS) is 30.6. The minimum absolute atomic E-state index is 0.297. The lowest BCUT2D eigenvalue weighted by Crippen LogP contribution is -2.50. The van der Waals surface area contributed by atoms with Gasteiger partial charge >= 0.3 is 0 Å². The molecule has 2 N–H and O–H groups in total. The Morgan fingerprint density at radius 1 is 1.56 bits per heavy atom. The topological polar surface area (TPSA) is 45.2 Å². The molecule has 1 saturated heterocycles. The molecular formula is C12H20N2OS. The van der Waals surface area contributed by atoms with Gasteiger partial charge in [0.15, 0.2) is 0 Å². The van der Waals surface area contributed by atoms with Crippen LogP contribution in [0.25, 0.3) is 0 Å². The zero-order valence-corrected chi connectivity index (χ0v) is 11.0. The second-order valence-electron chi connectivity index (χ2n) is 4.88. The maximum absolute atomic E-state index is 10.6. The highest BCUT2D eigenvalue weighted by Gasteiger charge is 2.36. The van der Waals surface area contributed by atoms with E-state index in [0.717, 1.165) is 30.2 Å². The van der Waals surface area contributed by atoms with Crippen LogP contribution in [0.4, 0.5) is 0 Å². The van der Waals surface area contributed by atoms with E-state index in [9.17, 15) is 5.11 Å². The van der Waals surface area contributed by atoms with E-state index < -0.39 is 5.60 Å². The first-order valence-corrected chi connectivity index (χ1v) is 6.69. The van der Waals surface area contributed by atoms with Crippen LogP contribution in [0.3, 0.4) is 0 Å². The van der Waals surface area contributed by atoms with Crippen LogP contribution in [0.1, 0.15) is 28.9 Å². The van der Waals surface area contributed by atoms with Gasteiger partial charge in [-0.1, -0.05) is 6.92 Å². The summed E-state index contributed by atoms with van der Waals surface area (Å²) in [6, 6.07) is 0. The number of nitrogens with zero attached hydrogens (tertiary/aromatic N) is 1. The van der Waals surface area contributed by atoms with Crippen molar-refractivity contribution in [3.63, 3.8) is 0 Å². The number of hydrogen-bond acceptors (Lipinski definition) is 4. The van der Waals surface area contributed by atoms with Gasteiger partial charge in [-0.25, -0.2) is 4.98 Å². The van der Waals surface area contributed by atoms with Gasteiger partial charge in [-0.2, -0.15) is 0 Å². The predicted octanol–water partition coefficient (Wildman–Crippen LogP) is 1.66. The first-order chi connectivity index (χ1) is 7.51. The van der Waals surface area contributed by atoms with E-state index in [2.05, 4.69) is 24.1 Å². The molecular weight excluding hydrogens is 220 g/mol. The molecule has 0 amide bonds. The van der Waals surface area contributed by atoms with Crippen molar-refractivity contribution >= 4 is 11.3 Å². The zero-order valence-electron chi connectivity index (χ0n) is 10.2. The molecule has 3 nitrogen and oxygen atoms in total. The molecule has 2 atom stereocenters. The highest BCUT2D eigenvalue weighted by molar-refractivity contribution is 7.11. The molecule has 1 aromatic heterocycles. The molecule has 90 valence electrons. The minimum atomic E-state index is -0.567. The number of aliphatic hydroxyl groups is 1. The number of thiazole rings is 1. The van der Waals surface area contributed by atoms with Gasteiger partial charge in [0.1, 0.15) is 0 Å². The van der Waals surface area contributed by atoms with E-state index in [1.807, 2.05) is 6.92 Å². The smallest absolute Gasteiger partial charge is 0.0959 e. The van der Waals surface area contributed by atoms with E-state index in [-0.39, 0.29) is 0 Å². The fraction of sp³-hybridized carbons (Fsp3) is 0.750. The second-order valence-corrected chi connectivity index (χ2v) is 6.17. The number of aryl methyl sites for hydroxylation is 2. The van der Waals surface area contributed by atoms with E-state index >= 15 is 0 Å². The summed E-state index contributed by atoms with van der Waals surface area (Å²) >= 11 is 1.72. The molecule has 2 rings (SSSR count). The Labute approximate surface area is 101 Å². The lowest BCUT2D eigenvalue weighted by atomic mass is 9.80. The van der Waals surface area contributed by atoms with Gasteiger partial charge in [0.25, 0.3) is 0 Å². The average Bonchev–Trinajstić information content (AvgIpc) is 2.51. The average molecular weight is 240 g/mol. The molecule has 4 heteroatoms. The Kier molecular flexibility index (Phi) is 3.33. The van der Waals surface area contributed by atoms with Crippen molar-refractivity contribution in [2.24, 2.45) is 5.92 Å². The van der Waals surface area contributed by atoms with Gasteiger partial charge in [0.05, 0.1) is 16.3 Å². The first-order valence-electron chi connectivity index (χ1n) is 5.87. The molecule has 0 radical (unpaired) electrons. The fourth-order valence-corrected chi connectivity index (χ4v) is 3.25. The Hall–Kier alpha value is -0.450. The first kappa shape index (κ1) is 12.0. The lowest BCUT2D eigenvalue weighted by molar-refractivity contribution is -0.0329. The quantitative estimate of drug-likeness (QED) is 0.826. The van der Waals surface area contributed by atoms with E-state index in [1.54, 1.807) is 11.3 Å². The Balaban J connectivity index is 2.13. The van der Waals surface area contributed by atoms with Crippen molar-refractivity contribution in [1.29, 1.82) is 0 Å². The van der Waals surface area contributed by atoms with Gasteiger partial charge in [-0.05, 0) is 32.7 Å². The summed E-state index contributed by atoms with van der Waals surface area (Å²) in [4.78, 5) is 5.79. The van der Waals surface area contributed by atoms with Crippen LogP contribution >= 0.6 is 11.3 Å². The van der Waals surface area contributed by atoms with Crippen molar-refractivity contribution < 1.29 is 5.11 Å². The molecule has 2 unspecified atom stereocenters. The summed E-state index contributed by atoms with van der Waals surface area (Å²) < 4.78 is 0. The highest BCUT2D eigenvalue weighted by atomic mass is 32.1. The van der Waals surface area contributed by atoms with Crippen LogP contribution < -0.4 is 5.32 Å². The maximum atomic E-state index is 10.6. The van der Waals surface area contributed by atoms with Crippen molar-refractivity contribution in [3.8, 4) is 0 Å². The molecule has 0 aromatic carbocycles. The number of hydrogen-bond donors (Lipinski definition) is 2. The predicted molar refractivity (Wildman–Crippen MR) is 66.9 cm³/mol. The second kappa shape index (κ2) is 4.43. The van der Waals surface area contributed by atoms with Crippen LogP contribution in [-0.4, -0.2) is 28.8 Å². The zero-order chi connectivity index (χ0) is 11.8. The van der Waals surface area contributed by atoms with E-state index in [4.69, 9.17) is 0 Å². The van der Waals surface area contributed by atoms with Crippen LogP contribution in [0.15, 0.2) is 0 Å². The van der Waals surface area contributed by atoms with Gasteiger partial charge < -0.3 is 10.4 Å². The van der Waals surface area contributed by atoms with Crippen LogP contribution in [0.5, 0.6) is 0 Å². The number of piperidine rings is 1. The molecule has 0 aliphatic carbocycles. The summed E-state index contributed by atoms with van der Waals surface area (Å²) in [5.74, 6) is 0.297. The standard InChI is InChI=1S/C12H20N2OS/c1-8-7-13-5-4-12(8,15)6-11-14-9(2)10(3)16-11/h8,13,15H,4-7H2,1-3H3. The summed E-state index contributed by atoms with van der Waals surface area (Å²) in [6.07, 6.45) is 1.53. The Morgan fingerprint density at radius 3 is 2.88 bits per heavy atom. The number of rotatable bonds is 2. The molecule has 0 saturated carbocycles. The number of aromatic nitrogens is 1. The molecule has 0 spiro atoms. The molecule has 1 fully saturated rings. The third-order valence-electron chi connectivity index (χ3n) is 3.63. The van der Waals surface area contributed by atoms with Gasteiger partial charge in [0, 0.05) is 17.8 Å². The third kappa shape index (κ3) is 2.29. The molecule has 1 aliphatic rings. The molecule has 1 aliphatic heterocycles. The van der Waals surface area contributed by atoms with Crippen molar-refractivity contribution in [3.05, 3.63) is 15.6 Å². The monoisotopic (exact) mass is 240 g/mol. The maximum Gasteiger partial charge on any atom is 0.0959 e. The van der Waals surface area contributed by atoms with Crippen LogP contribution in [0, 0.1) is 19.8 Å². The van der Waals surface area contributed by atoms with Crippen LogP contribution in [0.2, 0.25) is 0 Å². The van der Waals surface area contributed by atoms with Crippen molar-refractivity contribution in [1.82, 2.24) is 10.3 Å². The fourth-order valence-electron chi connectivity index (χ4n) is 2.20. The van der Waals surface area contributed by atoms with Gasteiger partial charge in [-0.3, -0.25) is 0 Å². The molecule has 16 heavy (non-hydrogen) atoms. The summed E-state index contributed by atoms with van der Waals surface area (Å²) in [6.45, 7) is 8.04. The lowest BCUT2D eigenvalue weighted by Gasteiger charge is -2.38. The Bertz CT molecular complexity index is 358. The molecule has 1 aromatic rings. The SMILES string of the molecule is Cc1nc(CC2(O)CCNCC2C)sc1C. The summed E-state index contributed by atoms with van der Waals surface area (Å²) in [5.41, 5.74) is 0.535. The Morgan fingerprint density at radius 2 is 2.31 bits per heavy atom. The van der Waals surface area contributed by atoms with Crippen molar-refractivity contribution in [2.75, 3.05) is 13.1 Å². The summed E-state index contributed by atoms with van der Waals surface area (Å²) in [7, 11) is 0. The highest BCUT2D eigenvalue weighted by Crippen LogP contribution is 2.30. The third-order valence-corrected chi connectivity index (χ3v) is 4.71. The number of nitrogens with one attached hydrogen (secondary N) is 1. The molecule has 2 heterocycles. The molecule has 0 bridgehead atoms. The van der Waals surface area contributed by atoms with E-state index in [0.29, 0.717) is 12.3 Å². The summed E-state index contributed by atoms with van der Waals surface area (Å²) in [5, 5.41) is 15.0. The van der Waals surface area contributed by atoms with E-state index in [1.165, 1.54) is 4.88 Å². The van der Waals surface area contributed by atoms with Crippen molar-refractivity contribution in [2.45, 2.75) is 39.2 Å². The van der Waals surface area contributed by atoms with Gasteiger partial charge in [0.2, 0.25) is 0 Å². The minimum Gasteiger partial charge on any atom is -0.389 e. The van der Waals surface area contributed by atoms with Crippen LogP contribution in [-0.2, 0) is 6.42 Å². The largest absolute Gasteiger partial charge is 0.389 e. The van der Waals surface area contributed by atoms with Gasteiger partial charge in [-0.15, -0.1) is 11.3 Å².